The highest BCUT2D eigenvalue weighted by Crippen LogP contribution is 2.34. The van der Waals surface area contributed by atoms with E-state index in [1.165, 1.54) is 6.33 Å². The summed E-state index contributed by atoms with van der Waals surface area (Å²) in [4.78, 5) is 22.7. The van der Waals surface area contributed by atoms with Gasteiger partial charge in [0.2, 0.25) is 0 Å². The first kappa shape index (κ1) is 19.0. The Labute approximate surface area is 168 Å². The molecule has 3 heterocycles. The van der Waals surface area contributed by atoms with Gasteiger partial charge in [0.05, 0.1) is 11.4 Å². The van der Waals surface area contributed by atoms with Crippen molar-refractivity contribution in [2.75, 3.05) is 24.6 Å². The molecule has 1 amide bonds. The SMILES string of the molecule is CC(C)(C)OC(=O)N1CC[C@H](n2nc(-c3ccc(N)cc3)c3c(N)ncnc32)C1. The van der Waals surface area contributed by atoms with E-state index in [2.05, 4.69) is 9.97 Å². The van der Waals surface area contributed by atoms with Gasteiger partial charge in [-0.05, 0) is 39.3 Å². The lowest BCUT2D eigenvalue weighted by Crippen LogP contribution is -2.35. The third kappa shape index (κ3) is 3.67. The summed E-state index contributed by atoms with van der Waals surface area (Å²) in [6.45, 7) is 6.67. The van der Waals surface area contributed by atoms with Gasteiger partial charge in [0.15, 0.2) is 5.65 Å². The average Bonchev–Trinajstić information content (AvgIpc) is 3.26. The van der Waals surface area contributed by atoms with Crippen LogP contribution in [-0.4, -0.2) is 49.4 Å². The van der Waals surface area contributed by atoms with Crippen LogP contribution in [0, 0.1) is 0 Å². The van der Waals surface area contributed by atoms with Gasteiger partial charge in [0.25, 0.3) is 0 Å². The molecular formula is C20H25N7O2. The van der Waals surface area contributed by atoms with E-state index in [9.17, 15) is 4.79 Å². The van der Waals surface area contributed by atoms with Crippen LogP contribution in [-0.2, 0) is 4.74 Å². The number of anilines is 2. The minimum absolute atomic E-state index is 0.0261. The summed E-state index contributed by atoms with van der Waals surface area (Å²) in [5.41, 5.74) is 14.4. The maximum atomic E-state index is 12.4. The van der Waals surface area contributed by atoms with Crippen LogP contribution in [0.3, 0.4) is 0 Å². The van der Waals surface area contributed by atoms with Crippen molar-refractivity contribution in [3.63, 3.8) is 0 Å². The molecule has 3 aromatic rings. The van der Waals surface area contributed by atoms with E-state index >= 15 is 0 Å². The molecule has 1 aromatic carbocycles. The molecule has 0 bridgehead atoms. The Kier molecular flexibility index (Phi) is 4.52. The molecule has 4 N–H and O–H groups in total. The number of carbonyl (C=O) groups excluding carboxylic acids is 1. The summed E-state index contributed by atoms with van der Waals surface area (Å²) in [5, 5.41) is 5.52. The van der Waals surface area contributed by atoms with Crippen LogP contribution in [0.2, 0.25) is 0 Å². The van der Waals surface area contributed by atoms with Crippen molar-refractivity contribution < 1.29 is 9.53 Å². The van der Waals surface area contributed by atoms with Crippen LogP contribution in [0.4, 0.5) is 16.3 Å². The Balaban J connectivity index is 1.69. The summed E-state index contributed by atoms with van der Waals surface area (Å²) in [6.07, 6.45) is 1.87. The van der Waals surface area contributed by atoms with E-state index in [1.807, 2.05) is 49.7 Å². The highest BCUT2D eigenvalue weighted by atomic mass is 16.6. The van der Waals surface area contributed by atoms with Crippen LogP contribution >= 0.6 is 0 Å². The third-order valence-corrected chi connectivity index (χ3v) is 4.86. The van der Waals surface area contributed by atoms with E-state index in [-0.39, 0.29) is 12.1 Å². The zero-order chi connectivity index (χ0) is 20.8. The van der Waals surface area contributed by atoms with E-state index in [4.69, 9.17) is 21.3 Å². The monoisotopic (exact) mass is 395 g/mol. The lowest BCUT2D eigenvalue weighted by atomic mass is 10.1. The highest BCUT2D eigenvalue weighted by Gasteiger charge is 2.33. The molecule has 4 rings (SSSR count). The first-order chi connectivity index (χ1) is 13.7. The predicted molar refractivity (Wildman–Crippen MR) is 111 cm³/mol. The average molecular weight is 395 g/mol. The number of fused-ring (bicyclic) bond motifs is 1. The topological polar surface area (TPSA) is 125 Å². The number of nitrogens with two attached hydrogens (primary N) is 2. The standard InChI is InChI=1S/C20H25N7O2/c1-20(2,3)29-19(28)26-9-8-14(10-26)27-18-15(17(22)23-11-24-18)16(25-27)12-4-6-13(21)7-5-12/h4-7,11,14H,8-10,21H2,1-3H3,(H2,22,23,24)/t14-/m0/s1. The van der Waals surface area contributed by atoms with Crippen LogP contribution in [0.25, 0.3) is 22.3 Å². The van der Waals surface area contributed by atoms with Crippen molar-refractivity contribution in [3.05, 3.63) is 30.6 Å². The Morgan fingerprint density at radius 1 is 1.17 bits per heavy atom. The van der Waals surface area contributed by atoms with Crippen molar-refractivity contribution in [3.8, 4) is 11.3 Å². The molecule has 1 aliphatic heterocycles. The Bertz CT molecular complexity index is 1050. The Morgan fingerprint density at radius 3 is 2.59 bits per heavy atom. The second kappa shape index (κ2) is 6.91. The van der Waals surface area contributed by atoms with E-state index in [1.54, 1.807) is 4.90 Å². The van der Waals surface area contributed by atoms with Gasteiger partial charge >= 0.3 is 6.09 Å². The quantitative estimate of drug-likeness (QED) is 0.639. The van der Waals surface area contributed by atoms with Crippen molar-refractivity contribution in [1.29, 1.82) is 0 Å². The summed E-state index contributed by atoms with van der Waals surface area (Å²) >= 11 is 0. The van der Waals surface area contributed by atoms with Gasteiger partial charge in [-0.1, -0.05) is 12.1 Å². The number of carbonyl (C=O) groups is 1. The third-order valence-electron chi connectivity index (χ3n) is 4.86. The van der Waals surface area contributed by atoms with E-state index in [0.717, 1.165) is 12.0 Å². The molecule has 0 saturated carbocycles. The second-order valence-electron chi connectivity index (χ2n) is 8.24. The first-order valence-electron chi connectivity index (χ1n) is 9.55. The van der Waals surface area contributed by atoms with Gasteiger partial charge in [0, 0.05) is 24.3 Å². The van der Waals surface area contributed by atoms with Crippen molar-refractivity contribution >= 4 is 28.6 Å². The minimum Gasteiger partial charge on any atom is -0.444 e. The van der Waals surface area contributed by atoms with Gasteiger partial charge < -0.3 is 21.1 Å². The summed E-state index contributed by atoms with van der Waals surface area (Å²) in [7, 11) is 0. The predicted octanol–water partition coefficient (Wildman–Crippen LogP) is 2.84. The lowest BCUT2D eigenvalue weighted by Gasteiger charge is -2.24. The molecule has 1 saturated heterocycles. The summed E-state index contributed by atoms with van der Waals surface area (Å²) < 4.78 is 7.35. The van der Waals surface area contributed by atoms with Crippen molar-refractivity contribution in [2.45, 2.75) is 38.8 Å². The van der Waals surface area contributed by atoms with E-state index < -0.39 is 5.60 Å². The lowest BCUT2D eigenvalue weighted by molar-refractivity contribution is 0.0288. The van der Waals surface area contributed by atoms with Gasteiger partial charge in [-0.3, -0.25) is 0 Å². The van der Waals surface area contributed by atoms with Crippen LogP contribution in [0.15, 0.2) is 30.6 Å². The molecule has 0 aliphatic carbocycles. The fourth-order valence-electron chi connectivity index (χ4n) is 3.53. The molecule has 0 radical (unpaired) electrons. The second-order valence-corrected chi connectivity index (χ2v) is 8.24. The number of aromatic nitrogens is 4. The molecule has 1 atom stereocenters. The molecule has 2 aromatic heterocycles. The molecule has 29 heavy (non-hydrogen) atoms. The van der Waals surface area contributed by atoms with Crippen LogP contribution in [0.5, 0.6) is 0 Å². The number of benzene rings is 1. The Morgan fingerprint density at radius 2 is 1.90 bits per heavy atom. The highest BCUT2D eigenvalue weighted by molar-refractivity contribution is 5.98. The maximum Gasteiger partial charge on any atom is 0.410 e. The summed E-state index contributed by atoms with van der Waals surface area (Å²) in [6, 6.07) is 7.41. The minimum atomic E-state index is -0.530. The van der Waals surface area contributed by atoms with Gasteiger partial charge in [-0.25, -0.2) is 19.4 Å². The zero-order valence-electron chi connectivity index (χ0n) is 16.8. The molecular weight excluding hydrogens is 370 g/mol. The number of hydrogen-bond donors (Lipinski definition) is 2. The molecule has 9 heteroatoms. The number of hydrogen-bond acceptors (Lipinski definition) is 7. The molecule has 152 valence electrons. The number of likely N-dealkylation sites (tertiary alicyclic amines) is 1. The van der Waals surface area contributed by atoms with Gasteiger partial charge in [0.1, 0.15) is 23.4 Å². The van der Waals surface area contributed by atoms with Gasteiger partial charge in [-0.15, -0.1) is 0 Å². The largest absolute Gasteiger partial charge is 0.444 e. The maximum absolute atomic E-state index is 12.4. The molecule has 0 unspecified atom stereocenters. The van der Waals surface area contributed by atoms with E-state index in [0.29, 0.717) is 41.3 Å². The van der Waals surface area contributed by atoms with Crippen LogP contribution in [0.1, 0.15) is 33.2 Å². The molecule has 9 nitrogen and oxygen atoms in total. The van der Waals surface area contributed by atoms with Crippen molar-refractivity contribution in [1.82, 2.24) is 24.6 Å². The first-order valence-corrected chi connectivity index (χ1v) is 9.55. The fraction of sp³-hybridized carbons (Fsp3) is 0.400. The van der Waals surface area contributed by atoms with Crippen molar-refractivity contribution in [2.24, 2.45) is 0 Å². The normalized spacial score (nSPS) is 17.1. The Hall–Kier alpha value is -3.36. The molecule has 1 aliphatic rings. The number of nitrogens with zero attached hydrogens (tertiary/aromatic N) is 5. The van der Waals surface area contributed by atoms with Crippen LogP contribution < -0.4 is 11.5 Å². The van der Waals surface area contributed by atoms with Gasteiger partial charge in [-0.2, -0.15) is 5.10 Å². The number of amides is 1. The number of nitrogen functional groups attached to an aromatic ring is 2. The number of rotatable bonds is 2. The molecule has 0 spiro atoms. The number of ether oxygens (including phenoxy) is 1. The molecule has 1 fully saturated rings. The summed E-state index contributed by atoms with van der Waals surface area (Å²) in [5.74, 6) is 0.370. The fourth-order valence-corrected chi connectivity index (χ4v) is 3.53. The smallest absolute Gasteiger partial charge is 0.410 e. The zero-order valence-corrected chi connectivity index (χ0v) is 16.8.